The first-order valence-electron chi connectivity index (χ1n) is 6.35. The lowest BCUT2D eigenvalue weighted by Crippen LogP contribution is -2.23. The molecule has 18 heavy (non-hydrogen) atoms. The average Bonchev–Trinajstić information content (AvgIpc) is 2.55. The summed E-state index contributed by atoms with van der Waals surface area (Å²) in [7, 11) is 2.12. The van der Waals surface area contributed by atoms with E-state index >= 15 is 0 Å². The van der Waals surface area contributed by atoms with Crippen LogP contribution in [0.4, 0.5) is 11.4 Å². The molecule has 0 aromatic heterocycles. The first-order chi connectivity index (χ1) is 8.66. The minimum atomic E-state index is -0.328. The molecule has 1 saturated heterocycles. The SMILES string of the molecule is CN1CCCC(Nc2ccccc2[N+](=O)[O-])CC1. The van der Waals surface area contributed by atoms with E-state index in [2.05, 4.69) is 17.3 Å². The molecule has 0 amide bonds. The van der Waals surface area contributed by atoms with Gasteiger partial charge in [0.05, 0.1) is 4.92 Å². The van der Waals surface area contributed by atoms with Crippen LogP contribution in [-0.2, 0) is 0 Å². The van der Waals surface area contributed by atoms with Gasteiger partial charge < -0.3 is 10.2 Å². The second-order valence-electron chi connectivity index (χ2n) is 4.85. The molecule has 0 saturated carbocycles. The number of para-hydroxylation sites is 2. The number of nitrogens with zero attached hydrogens (tertiary/aromatic N) is 2. The molecule has 1 atom stereocenters. The van der Waals surface area contributed by atoms with Gasteiger partial charge in [-0.3, -0.25) is 10.1 Å². The molecule has 1 aliphatic heterocycles. The van der Waals surface area contributed by atoms with Crippen molar-refractivity contribution in [1.29, 1.82) is 0 Å². The normalized spacial score (nSPS) is 21.3. The van der Waals surface area contributed by atoms with E-state index in [1.54, 1.807) is 18.2 Å². The van der Waals surface area contributed by atoms with E-state index in [1.165, 1.54) is 0 Å². The summed E-state index contributed by atoms with van der Waals surface area (Å²) in [5.74, 6) is 0. The highest BCUT2D eigenvalue weighted by Gasteiger charge is 2.18. The first-order valence-corrected chi connectivity index (χ1v) is 6.35. The Morgan fingerprint density at radius 1 is 1.33 bits per heavy atom. The summed E-state index contributed by atoms with van der Waals surface area (Å²) in [6.45, 7) is 2.15. The van der Waals surface area contributed by atoms with Gasteiger partial charge in [0.15, 0.2) is 0 Å². The van der Waals surface area contributed by atoms with E-state index in [0.29, 0.717) is 11.7 Å². The summed E-state index contributed by atoms with van der Waals surface area (Å²) in [4.78, 5) is 12.9. The molecule has 98 valence electrons. The Morgan fingerprint density at radius 3 is 2.89 bits per heavy atom. The molecule has 0 radical (unpaired) electrons. The van der Waals surface area contributed by atoms with Crippen LogP contribution in [0.25, 0.3) is 0 Å². The lowest BCUT2D eigenvalue weighted by molar-refractivity contribution is -0.384. The molecule has 1 unspecified atom stereocenters. The number of benzene rings is 1. The maximum atomic E-state index is 10.9. The molecular formula is C13H19N3O2. The lowest BCUT2D eigenvalue weighted by atomic mass is 10.1. The van der Waals surface area contributed by atoms with Crippen LogP contribution in [0.1, 0.15) is 19.3 Å². The van der Waals surface area contributed by atoms with Crippen LogP contribution >= 0.6 is 0 Å². The third-order valence-corrected chi connectivity index (χ3v) is 3.41. The molecule has 1 aliphatic rings. The van der Waals surface area contributed by atoms with Gasteiger partial charge in [-0.05, 0) is 45.5 Å². The van der Waals surface area contributed by atoms with E-state index in [-0.39, 0.29) is 10.6 Å². The Balaban J connectivity index is 2.06. The molecule has 2 rings (SSSR count). The topological polar surface area (TPSA) is 58.4 Å². The van der Waals surface area contributed by atoms with Gasteiger partial charge in [-0.1, -0.05) is 12.1 Å². The summed E-state index contributed by atoms with van der Waals surface area (Å²) in [5.41, 5.74) is 0.798. The number of anilines is 1. The van der Waals surface area contributed by atoms with Crippen molar-refractivity contribution in [2.24, 2.45) is 0 Å². The van der Waals surface area contributed by atoms with Crippen molar-refractivity contribution in [2.45, 2.75) is 25.3 Å². The standard InChI is InChI=1S/C13H19N3O2/c1-15-9-4-5-11(8-10-15)14-12-6-2-3-7-13(12)16(17)18/h2-3,6-7,11,14H,4-5,8-10H2,1H3. The predicted octanol–water partition coefficient (Wildman–Crippen LogP) is 2.49. The predicted molar refractivity (Wildman–Crippen MR) is 71.9 cm³/mol. The van der Waals surface area contributed by atoms with Gasteiger partial charge in [0.1, 0.15) is 5.69 Å². The highest BCUT2D eigenvalue weighted by molar-refractivity contribution is 5.61. The quantitative estimate of drug-likeness (QED) is 0.660. The summed E-state index contributed by atoms with van der Waals surface area (Å²) >= 11 is 0. The van der Waals surface area contributed by atoms with Crippen LogP contribution in [0.3, 0.4) is 0 Å². The van der Waals surface area contributed by atoms with Gasteiger partial charge in [0, 0.05) is 12.1 Å². The third kappa shape index (κ3) is 3.20. The number of likely N-dealkylation sites (tertiary alicyclic amines) is 1. The number of hydrogen-bond acceptors (Lipinski definition) is 4. The monoisotopic (exact) mass is 249 g/mol. The average molecular weight is 249 g/mol. The number of rotatable bonds is 3. The number of nitro benzene ring substituents is 1. The van der Waals surface area contributed by atoms with Crippen LogP contribution in [-0.4, -0.2) is 36.0 Å². The highest BCUT2D eigenvalue weighted by atomic mass is 16.6. The molecule has 0 bridgehead atoms. The molecule has 1 fully saturated rings. The fraction of sp³-hybridized carbons (Fsp3) is 0.538. The summed E-state index contributed by atoms with van der Waals surface area (Å²) in [6.07, 6.45) is 3.23. The van der Waals surface area contributed by atoms with Crippen molar-refractivity contribution in [3.05, 3.63) is 34.4 Å². The molecule has 1 aromatic rings. The molecule has 1 heterocycles. The van der Waals surface area contributed by atoms with Gasteiger partial charge in [-0.15, -0.1) is 0 Å². The van der Waals surface area contributed by atoms with E-state index in [0.717, 1.165) is 32.4 Å². The molecule has 5 nitrogen and oxygen atoms in total. The molecule has 0 aliphatic carbocycles. The molecular weight excluding hydrogens is 230 g/mol. The number of hydrogen-bond donors (Lipinski definition) is 1. The van der Waals surface area contributed by atoms with Crippen LogP contribution in [0.15, 0.2) is 24.3 Å². The molecule has 5 heteroatoms. The zero-order valence-electron chi connectivity index (χ0n) is 10.6. The summed E-state index contributed by atoms with van der Waals surface area (Å²) in [6, 6.07) is 7.19. The minimum absolute atomic E-state index is 0.162. The largest absolute Gasteiger partial charge is 0.377 e. The molecule has 0 spiro atoms. The van der Waals surface area contributed by atoms with Gasteiger partial charge in [0.2, 0.25) is 0 Å². The Kier molecular flexibility index (Phi) is 4.15. The second kappa shape index (κ2) is 5.82. The third-order valence-electron chi connectivity index (χ3n) is 3.41. The highest BCUT2D eigenvalue weighted by Crippen LogP contribution is 2.25. The maximum Gasteiger partial charge on any atom is 0.292 e. The van der Waals surface area contributed by atoms with E-state index in [4.69, 9.17) is 0 Å². The summed E-state index contributed by atoms with van der Waals surface area (Å²) in [5, 5.41) is 14.3. The Morgan fingerprint density at radius 2 is 2.11 bits per heavy atom. The smallest absolute Gasteiger partial charge is 0.292 e. The zero-order valence-corrected chi connectivity index (χ0v) is 10.6. The van der Waals surface area contributed by atoms with Crippen molar-refractivity contribution in [3.8, 4) is 0 Å². The van der Waals surface area contributed by atoms with E-state index in [1.807, 2.05) is 6.07 Å². The Hall–Kier alpha value is -1.62. The van der Waals surface area contributed by atoms with Gasteiger partial charge >= 0.3 is 0 Å². The van der Waals surface area contributed by atoms with Crippen molar-refractivity contribution < 1.29 is 4.92 Å². The van der Waals surface area contributed by atoms with Crippen molar-refractivity contribution >= 4 is 11.4 Å². The first kappa shape index (κ1) is 12.8. The fourth-order valence-corrected chi connectivity index (χ4v) is 2.36. The lowest BCUT2D eigenvalue weighted by Gasteiger charge is -2.17. The molecule has 1 aromatic carbocycles. The fourth-order valence-electron chi connectivity index (χ4n) is 2.36. The van der Waals surface area contributed by atoms with Crippen molar-refractivity contribution in [2.75, 3.05) is 25.5 Å². The van der Waals surface area contributed by atoms with Crippen LogP contribution in [0, 0.1) is 10.1 Å². The van der Waals surface area contributed by atoms with Gasteiger partial charge in [-0.25, -0.2) is 0 Å². The van der Waals surface area contributed by atoms with E-state index in [9.17, 15) is 10.1 Å². The van der Waals surface area contributed by atoms with E-state index < -0.39 is 0 Å². The Bertz CT molecular complexity index is 422. The number of nitrogens with one attached hydrogen (secondary N) is 1. The molecule has 1 N–H and O–H groups in total. The number of nitro groups is 1. The minimum Gasteiger partial charge on any atom is -0.377 e. The maximum absolute atomic E-state index is 10.9. The zero-order chi connectivity index (χ0) is 13.0. The van der Waals surface area contributed by atoms with Gasteiger partial charge in [-0.2, -0.15) is 0 Å². The van der Waals surface area contributed by atoms with Crippen LogP contribution < -0.4 is 5.32 Å². The van der Waals surface area contributed by atoms with Crippen LogP contribution in [0.5, 0.6) is 0 Å². The van der Waals surface area contributed by atoms with Gasteiger partial charge in [0.25, 0.3) is 5.69 Å². The Labute approximate surface area is 107 Å². The van der Waals surface area contributed by atoms with Crippen molar-refractivity contribution in [3.63, 3.8) is 0 Å². The second-order valence-corrected chi connectivity index (χ2v) is 4.85. The van der Waals surface area contributed by atoms with Crippen LogP contribution in [0.2, 0.25) is 0 Å². The van der Waals surface area contributed by atoms with Crippen molar-refractivity contribution in [1.82, 2.24) is 4.90 Å². The summed E-state index contributed by atoms with van der Waals surface area (Å²) < 4.78 is 0.